The topological polar surface area (TPSA) is 54.3 Å². The molecule has 0 aromatic carbocycles. The highest BCUT2D eigenvalue weighted by molar-refractivity contribution is 7.17. The molecule has 5 nitrogen and oxygen atoms in total. The minimum Gasteiger partial charge on any atom is -0.351 e. The van der Waals surface area contributed by atoms with E-state index in [1.54, 1.807) is 27.6 Å². The number of aromatic nitrogens is 1. The zero-order valence-corrected chi connectivity index (χ0v) is 17.4. The third kappa shape index (κ3) is 2.79. The molecule has 3 aromatic heterocycles. The Kier molecular flexibility index (Phi) is 4.32. The highest BCUT2D eigenvalue weighted by atomic mass is 32.1. The maximum Gasteiger partial charge on any atom is 0.271 e. The second-order valence-corrected chi connectivity index (χ2v) is 9.97. The Hall–Kier alpha value is -2.12. The molecule has 1 unspecified atom stereocenters. The summed E-state index contributed by atoms with van der Waals surface area (Å²) in [7, 11) is 0. The minimum absolute atomic E-state index is 0.0352. The Morgan fingerprint density at radius 3 is 2.82 bits per heavy atom. The molecule has 1 aliphatic carbocycles. The molecule has 1 fully saturated rings. The summed E-state index contributed by atoms with van der Waals surface area (Å²) in [6.07, 6.45) is 4.39. The number of thiophene rings is 2. The first-order chi connectivity index (χ1) is 13.6. The van der Waals surface area contributed by atoms with Gasteiger partial charge in [-0.25, -0.2) is 0 Å². The second kappa shape index (κ2) is 6.74. The fourth-order valence-corrected chi connectivity index (χ4v) is 6.01. The van der Waals surface area contributed by atoms with E-state index in [9.17, 15) is 9.59 Å². The molecule has 7 heteroatoms. The molecular weight excluding hydrogens is 390 g/mol. The molecule has 1 atom stereocenters. The predicted molar refractivity (Wildman–Crippen MR) is 113 cm³/mol. The van der Waals surface area contributed by atoms with Gasteiger partial charge in [-0.3, -0.25) is 9.59 Å². The Bertz CT molecular complexity index is 1030. The molecule has 146 valence electrons. The lowest BCUT2D eigenvalue weighted by atomic mass is 9.94. The number of carbonyl (C=O) groups is 2. The summed E-state index contributed by atoms with van der Waals surface area (Å²) in [6, 6.07) is 8.26. The molecule has 0 saturated heterocycles. The molecule has 2 aliphatic rings. The Balaban J connectivity index is 1.55. The van der Waals surface area contributed by atoms with Crippen molar-refractivity contribution in [2.24, 2.45) is 0 Å². The standard InChI is InChI=1S/C21H23N3O2S2/c1-21(20(26)22-14-5-2-3-6-14)13-23-16-8-10-28-18(16)11-17(23)19(25)24(21)12-15-7-4-9-27-15/h4,7-11,14H,2-3,5-6,12-13H2,1H3,(H,22,26). The largest absolute Gasteiger partial charge is 0.351 e. The van der Waals surface area contributed by atoms with E-state index in [1.807, 2.05) is 46.5 Å². The van der Waals surface area contributed by atoms with Crippen molar-refractivity contribution >= 4 is 44.7 Å². The van der Waals surface area contributed by atoms with Gasteiger partial charge in [0.1, 0.15) is 11.2 Å². The number of hydrogen-bond donors (Lipinski definition) is 1. The van der Waals surface area contributed by atoms with Crippen molar-refractivity contribution in [2.45, 2.75) is 57.3 Å². The average molecular weight is 414 g/mol. The molecule has 5 rings (SSSR count). The summed E-state index contributed by atoms with van der Waals surface area (Å²) >= 11 is 3.26. The van der Waals surface area contributed by atoms with Crippen LogP contribution in [-0.2, 0) is 17.9 Å². The molecule has 1 N–H and O–H groups in total. The minimum atomic E-state index is -0.912. The normalized spacial score (nSPS) is 22.8. The van der Waals surface area contributed by atoms with Crippen molar-refractivity contribution in [3.05, 3.63) is 45.6 Å². The monoisotopic (exact) mass is 413 g/mol. The van der Waals surface area contributed by atoms with Crippen LogP contribution in [-0.4, -0.2) is 32.9 Å². The van der Waals surface area contributed by atoms with E-state index in [0.717, 1.165) is 40.8 Å². The first-order valence-corrected chi connectivity index (χ1v) is 11.5. The highest BCUT2D eigenvalue weighted by Crippen LogP contribution is 2.36. The zero-order valence-electron chi connectivity index (χ0n) is 15.8. The van der Waals surface area contributed by atoms with Gasteiger partial charge in [0.15, 0.2) is 0 Å². The van der Waals surface area contributed by atoms with Crippen LogP contribution < -0.4 is 5.32 Å². The molecule has 28 heavy (non-hydrogen) atoms. The second-order valence-electron chi connectivity index (χ2n) is 7.99. The Morgan fingerprint density at radius 1 is 1.25 bits per heavy atom. The number of nitrogens with one attached hydrogen (secondary N) is 1. The zero-order chi connectivity index (χ0) is 19.3. The van der Waals surface area contributed by atoms with Crippen molar-refractivity contribution in [3.8, 4) is 0 Å². The van der Waals surface area contributed by atoms with Crippen LogP contribution in [0.3, 0.4) is 0 Å². The summed E-state index contributed by atoms with van der Waals surface area (Å²) in [4.78, 5) is 29.8. The van der Waals surface area contributed by atoms with Gasteiger partial charge in [0.25, 0.3) is 5.91 Å². The Morgan fingerprint density at radius 2 is 2.07 bits per heavy atom. The molecule has 4 heterocycles. The summed E-state index contributed by atoms with van der Waals surface area (Å²) in [5, 5.41) is 7.29. The van der Waals surface area contributed by atoms with Gasteiger partial charge in [-0.1, -0.05) is 18.9 Å². The van der Waals surface area contributed by atoms with Gasteiger partial charge in [-0.2, -0.15) is 0 Å². The van der Waals surface area contributed by atoms with Gasteiger partial charge in [0.05, 0.1) is 23.3 Å². The molecule has 2 amide bonds. The summed E-state index contributed by atoms with van der Waals surface area (Å²) in [5.74, 6) is -0.0980. The molecule has 0 radical (unpaired) electrons. The first kappa shape index (κ1) is 17.9. The van der Waals surface area contributed by atoms with Gasteiger partial charge in [-0.15, -0.1) is 22.7 Å². The number of nitrogens with zero attached hydrogens (tertiary/aromatic N) is 2. The molecule has 0 bridgehead atoms. The first-order valence-electron chi connectivity index (χ1n) is 9.78. The van der Waals surface area contributed by atoms with Gasteiger partial charge in [0.2, 0.25) is 5.91 Å². The van der Waals surface area contributed by atoms with Crippen LogP contribution in [0, 0.1) is 0 Å². The lowest BCUT2D eigenvalue weighted by Crippen LogP contribution is -2.64. The van der Waals surface area contributed by atoms with Crippen LogP contribution in [0.2, 0.25) is 0 Å². The molecule has 1 saturated carbocycles. The van der Waals surface area contributed by atoms with Crippen LogP contribution >= 0.6 is 22.7 Å². The van der Waals surface area contributed by atoms with Crippen LogP contribution in [0.15, 0.2) is 35.0 Å². The maximum absolute atomic E-state index is 13.5. The third-order valence-electron chi connectivity index (χ3n) is 6.12. The van der Waals surface area contributed by atoms with Crippen LogP contribution in [0.25, 0.3) is 10.2 Å². The summed E-state index contributed by atoms with van der Waals surface area (Å²) in [5.41, 5.74) is 0.818. The SMILES string of the molecule is CC1(C(=O)NC2CCCC2)Cn2c(cc3sccc32)C(=O)N1Cc1cccs1. The number of amides is 2. The smallest absolute Gasteiger partial charge is 0.271 e. The predicted octanol–water partition coefficient (Wildman–Crippen LogP) is 4.24. The fraction of sp³-hybridized carbons (Fsp3) is 0.429. The van der Waals surface area contributed by atoms with Crippen LogP contribution in [0.4, 0.5) is 0 Å². The molecule has 1 aliphatic heterocycles. The van der Waals surface area contributed by atoms with Gasteiger partial charge >= 0.3 is 0 Å². The van der Waals surface area contributed by atoms with Crippen LogP contribution in [0.5, 0.6) is 0 Å². The van der Waals surface area contributed by atoms with E-state index < -0.39 is 5.54 Å². The van der Waals surface area contributed by atoms with E-state index in [0.29, 0.717) is 18.8 Å². The number of hydrogen-bond acceptors (Lipinski definition) is 4. The lowest BCUT2D eigenvalue weighted by Gasteiger charge is -2.44. The van der Waals surface area contributed by atoms with Crippen molar-refractivity contribution in [3.63, 3.8) is 0 Å². The molecule has 3 aromatic rings. The quantitative estimate of drug-likeness (QED) is 0.696. The van der Waals surface area contributed by atoms with E-state index in [2.05, 4.69) is 5.32 Å². The number of carbonyl (C=O) groups excluding carboxylic acids is 2. The van der Waals surface area contributed by atoms with E-state index in [4.69, 9.17) is 0 Å². The molecule has 0 spiro atoms. The van der Waals surface area contributed by atoms with Crippen molar-refractivity contribution in [1.29, 1.82) is 0 Å². The summed E-state index contributed by atoms with van der Waals surface area (Å²) < 4.78 is 3.13. The maximum atomic E-state index is 13.5. The van der Waals surface area contributed by atoms with Crippen molar-refractivity contribution < 1.29 is 9.59 Å². The van der Waals surface area contributed by atoms with Gasteiger partial charge in [0, 0.05) is 10.9 Å². The highest BCUT2D eigenvalue weighted by Gasteiger charge is 2.48. The van der Waals surface area contributed by atoms with Crippen LogP contribution in [0.1, 0.15) is 48.0 Å². The Labute approximate surface area is 172 Å². The number of rotatable bonds is 4. The van der Waals surface area contributed by atoms with E-state index in [-0.39, 0.29) is 17.9 Å². The van der Waals surface area contributed by atoms with Crippen molar-refractivity contribution in [1.82, 2.24) is 14.8 Å². The van der Waals surface area contributed by atoms with E-state index >= 15 is 0 Å². The fourth-order valence-electron chi connectivity index (χ4n) is 4.49. The third-order valence-corrected chi connectivity index (χ3v) is 7.84. The lowest BCUT2D eigenvalue weighted by molar-refractivity contribution is -0.133. The van der Waals surface area contributed by atoms with Gasteiger partial charge in [-0.05, 0) is 48.7 Å². The van der Waals surface area contributed by atoms with E-state index in [1.165, 1.54) is 0 Å². The summed E-state index contributed by atoms with van der Waals surface area (Å²) in [6.45, 7) is 2.87. The number of fused-ring (bicyclic) bond motifs is 3. The average Bonchev–Trinajstić information content (AvgIpc) is 3.44. The van der Waals surface area contributed by atoms with Crippen molar-refractivity contribution in [2.75, 3.05) is 0 Å². The molecular formula is C21H23N3O2S2. The van der Waals surface area contributed by atoms with Gasteiger partial charge < -0.3 is 14.8 Å².